The first-order chi connectivity index (χ1) is 38.1. The molecule has 2 amide bonds. The number of amides is 2. The van der Waals surface area contributed by atoms with Crippen molar-refractivity contribution in [2.45, 2.75) is 143 Å². The maximum absolute atomic E-state index is 12.6. The molecule has 0 radical (unpaired) electrons. The summed E-state index contributed by atoms with van der Waals surface area (Å²) in [5.74, 6) is 5.49. The summed E-state index contributed by atoms with van der Waals surface area (Å²) in [5, 5.41) is 9.37. The van der Waals surface area contributed by atoms with Crippen LogP contribution in [0.5, 0.6) is 34.5 Å². The molecule has 3 aromatic carbocycles. The molecule has 1 N–H and O–H groups in total. The monoisotopic (exact) mass is 1100 g/mol. The highest BCUT2D eigenvalue weighted by Gasteiger charge is 2.34. The number of anilines is 2. The van der Waals surface area contributed by atoms with Gasteiger partial charge in [0.1, 0.15) is 65.5 Å². The molecule has 6 heterocycles. The van der Waals surface area contributed by atoms with Gasteiger partial charge in [-0.25, -0.2) is 9.59 Å². The number of benzene rings is 3. The third-order valence-electron chi connectivity index (χ3n) is 14.8. The lowest BCUT2D eigenvalue weighted by atomic mass is 9.94. The lowest BCUT2D eigenvalue weighted by molar-refractivity contribution is 0.0177. The molecular weight excluding hydrogens is 1010 g/mol. The first-order valence-corrected chi connectivity index (χ1v) is 28.6. The van der Waals surface area contributed by atoms with Gasteiger partial charge >= 0.3 is 12.2 Å². The fourth-order valence-corrected chi connectivity index (χ4v) is 10.4. The predicted octanol–water partition coefficient (Wildman–Crippen LogP) is 13.0. The van der Waals surface area contributed by atoms with Crippen LogP contribution < -0.4 is 33.5 Å². The van der Waals surface area contributed by atoms with Crippen molar-refractivity contribution in [1.82, 2.24) is 19.8 Å². The van der Waals surface area contributed by atoms with Crippen LogP contribution in [0.15, 0.2) is 116 Å². The van der Waals surface area contributed by atoms with Crippen LogP contribution >= 0.6 is 0 Å². The first kappa shape index (κ1) is 60.5. The molecule has 0 saturated carbocycles. The number of phenols is 1. The minimum atomic E-state index is -0.505. The van der Waals surface area contributed by atoms with Crippen LogP contribution in [0.2, 0.25) is 0 Å². The average Bonchev–Trinajstić information content (AvgIpc) is 4.15. The van der Waals surface area contributed by atoms with Crippen LogP contribution in [0.1, 0.15) is 119 Å². The van der Waals surface area contributed by atoms with Gasteiger partial charge in [-0.05, 0) is 172 Å². The molecular formula is C64H88N6O10. The average molecular weight is 1100 g/mol. The van der Waals surface area contributed by atoms with Gasteiger partial charge in [0, 0.05) is 51.4 Å². The van der Waals surface area contributed by atoms with Crippen LogP contribution in [0.4, 0.5) is 21.0 Å². The number of nitrogens with zero attached hydrogens (tertiary/aromatic N) is 6. The molecule has 80 heavy (non-hydrogen) atoms. The van der Waals surface area contributed by atoms with Crippen LogP contribution in [0.25, 0.3) is 0 Å². The number of aromatic nitrogens is 2. The number of hydrogen-bond acceptors (Lipinski definition) is 14. The van der Waals surface area contributed by atoms with E-state index < -0.39 is 11.2 Å². The van der Waals surface area contributed by atoms with Crippen LogP contribution in [0, 0.1) is 11.8 Å². The molecule has 4 aliphatic heterocycles. The zero-order chi connectivity index (χ0) is 55.6. The summed E-state index contributed by atoms with van der Waals surface area (Å²) in [5.41, 5.74) is 2.29. The molecule has 16 nitrogen and oxygen atoms in total. The Morgan fingerprint density at radius 3 is 1.35 bits per heavy atom. The molecule has 4 aliphatic rings. The third-order valence-corrected chi connectivity index (χ3v) is 14.8. The van der Waals surface area contributed by atoms with E-state index in [1.165, 1.54) is 0 Å². The predicted molar refractivity (Wildman–Crippen MR) is 314 cm³/mol. The first-order valence-electron chi connectivity index (χ1n) is 28.6. The van der Waals surface area contributed by atoms with E-state index in [0.29, 0.717) is 58.0 Å². The summed E-state index contributed by atoms with van der Waals surface area (Å²) in [6.45, 7) is 19.5. The van der Waals surface area contributed by atoms with Crippen LogP contribution in [0.3, 0.4) is 0 Å². The van der Waals surface area contributed by atoms with Crippen molar-refractivity contribution in [2.75, 3.05) is 75.5 Å². The largest absolute Gasteiger partial charge is 0.508 e. The summed E-state index contributed by atoms with van der Waals surface area (Å²) in [4.78, 5) is 42.3. The Labute approximate surface area is 475 Å². The lowest BCUT2D eigenvalue weighted by Gasteiger charge is -2.33. The van der Waals surface area contributed by atoms with Gasteiger partial charge in [0.05, 0.1) is 61.5 Å². The zero-order valence-corrected chi connectivity index (χ0v) is 47.4. The van der Waals surface area contributed by atoms with Gasteiger partial charge in [-0.3, -0.25) is 9.97 Å². The van der Waals surface area contributed by atoms with Gasteiger partial charge in [0.15, 0.2) is 0 Å². The van der Waals surface area contributed by atoms with E-state index in [2.05, 4.69) is 38.0 Å². The van der Waals surface area contributed by atoms with Gasteiger partial charge in [0.25, 0.3) is 0 Å². The Balaban J connectivity index is 0.000000232. The van der Waals surface area contributed by atoms with Gasteiger partial charge in [-0.2, -0.15) is 0 Å². The quantitative estimate of drug-likeness (QED) is 0.0833. The standard InChI is InChI=1S/C35H45N3O5.C28H39N3O5.CH4/c1-35(2,3)43-34(39)38-18-7-10-29(38)26-42-33-22-30(23-36-24-33)37-19-15-27(16-20-37)17-21-40-31-11-13-32(14-12-31)41-25-28-8-5-4-6-9-28;1-28(2,3)36-27(33)31-13-4-5-22(31)20-35-26-17-23(18-29-19-26)30-14-10-21(11-15-30)12-16-34-25-8-6-24(32)7-9-25;/h4-6,8-9,11-14,22-24,27,29H,7,10,15-21,25-26H2,1-3H3;6-9,17-19,21-22,32H,4-5,10-16,20H2,1-3H3;1H4/t29-;22-;/m00./s1. The number of pyridine rings is 2. The summed E-state index contributed by atoms with van der Waals surface area (Å²) < 4.78 is 41.1. The number of piperidine rings is 2. The second kappa shape index (κ2) is 29.4. The van der Waals surface area contributed by atoms with Crippen molar-refractivity contribution >= 4 is 23.6 Å². The van der Waals surface area contributed by atoms with E-state index in [1.54, 1.807) is 46.5 Å². The molecule has 434 valence electrons. The number of ether oxygens (including phenoxy) is 7. The van der Waals surface area contributed by atoms with Crippen molar-refractivity contribution in [2.24, 2.45) is 11.8 Å². The molecule has 16 heteroatoms. The highest BCUT2D eigenvalue weighted by atomic mass is 16.6. The van der Waals surface area contributed by atoms with Crippen molar-refractivity contribution in [3.8, 4) is 34.5 Å². The van der Waals surface area contributed by atoms with Crippen molar-refractivity contribution < 1.29 is 47.9 Å². The fraction of sp³-hybridized carbons (Fsp3) is 0.531. The number of phenolic OH excluding ortho intramolecular Hbond substituents is 1. The molecule has 0 spiro atoms. The number of carbonyl (C=O) groups excluding carboxylic acids is 2. The van der Waals surface area contributed by atoms with Crippen molar-refractivity contribution in [3.63, 3.8) is 0 Å². The normalized spacial score (nSPS) is 17.9. The highest BCUT2D eigenvalue weighted by molar-refractivity contribution is 5.69. The Morgan fingerprint density at radius 1 is 0.512 bits per heavy atom. The molecule has 2 aromatic heterocycles. The Morgan fingerprint density at radius 2 is 0.925 bits per heavy atom. The molecule has 2 atom stereocenters. The van der Waals surface area contributed by atoms with E-state index in [-0.39, 0.29) is 37.4 Å². The lowest BCUT2D eigenvalue weighted by Crippen LogP contribution is -2.42. The van der Waals surface area contributed by atoms with E-state index >= 15 is 0 Å². The van der Waals surface area contributed by atoms with Gasteiger partial charge in [-0.15, -0.1) is 0 Å². The van der Waals surface area contributed by atoms with Gasteiger partial charge < -0.3 is 57.9 Å². The second-order valence-corrected chi connectivity index (χ2v) is 23.2. The maximum Gasteiger partial charge on any atom is 0.410 e. The molecule has 0 bridgehead atoms. The number of aromatic hydroxyl groups is 1. The Hall–Kier alpha value is -7.10. The topological polar surface area (TPSA) is 158 Å². The molecule has 5 aromatic rings. The zero-order valence-electron chi connectivity index (χ0n) is 47.4. The summed E-state index contributed by atoms with van der Waals surface area (Å²) in [7, 11) is 0. The van der Waals surface area contributed by atoms with Crippen molar-refractivity contribution in [3.05, 3.63) is 121 Å². The highest BCUT2D eigenvalue weighted by Crippen LogP contribution is 2.31. The Bertz CT molecular complexity index is 2630. The maximum atomic E-state index is 12.6. The molecule has 0 unspecified atom stereocenters. The van der Waals surface area contributed by atoms with Crippen LogP contribution in [-0.2, 0) is 16.1 Å². The van der Waals surface area contributed by atoms with E-state index in [9.17, 15) is 14.7 Å². The number of carbonyl (C=O) groups is 2. The smallest absolute Gasteiger partial charge is 0.410 e. The fourth-order valence-electron chi connectivity index (χ4n) is 10.4. The number of hydrogen-bond donors (Lipinski definition) is 1. The Kier molecular flexibility index (Phi) is 22.2. The van der Waals surface area contributed by atoms with E-state index in [4.69, 9.17) is 33.2 Å². The summed E-state index contributed by atoms with van der Waals surface area (Å²) in [6.07, 6.45) is 17.0. The SMILES string of the molecule is C.CC(C)(C)OC(=O)N1CCC[C@H]1COc1cncc(N2CCC(CCOc3ccc(O)cc3)CC2)c1.CC(C)(C)OC(=O)N1CCC[C@H]1COc1cncc(N2CCC(CCOc3ccc(OCc4ccccc4)cc3)CC2)c1. The minimum absolute atomic E-state index is 0. The van der Waals surface area contributed by atoms with E-state index in [0.717, 1.165) is 136 Å². The van der Waals surface area contributed by atoms with E-state index in [1.807, 2.05) is 102 Å². The van der Waals surface area contributed by atoms with Crippen molar-refractivity contribution in [1.29, 1.82) is 0 Å². The van der Waals surface area contributed by atoms with Gasteiger partial charge in [-0.1, -0.05) is 37.8 Å². The number of likely N-dealkylation sites (tertiary alicyclic amines) is 2. The molecule has 4 saturated heterocycles. The van der Waals surface area contributed by atoms with Gasteiger partial charge in [0.2, 0.25) is 0 Å². The summed E-state index contributed by atoms with van der Waals surface area (Å²) in [6, 6.07) is 29.1. The molecule has 4 fully saturated rings. The summed E-state index contributed by atoms with van der Waals surface area (Å²) >= 11 is 0. The second-order valence-electron chi connectivity index (χ2n) is 23.2. The molecule has 9 rings (SSSR count). The van der Waals surface area contributed by atoms with Crippen LogP contribution in [-0.4, -0.2) is 126 Å². The molecule has 0 aliphatic carbocycles. The number of rotatable bonds is 19. The third kappa shape index (κ3) is 19.3. The minimum Gasteiger partial charge on any atom is -0.508 e.